The summed E-state index contributed by atoms with van der Waals surface area (Å²) >= 11 is 0. The van der Waals surface area contributed by atoms with E-state index in [1.165, 1.54) is 11.1 Å². The summed E-state index contributed by atoms with van der Waals surface area (Å²) in [7, 11) is 3.92. The van der Waals surface area contributed by atoms with Crippen molar-refractivity contribution in [2.24, 2.45) is 0 Å². The first kappa shape index (κ1) is 22.7. The summed E-state index contributed by atoms with van der Waals surface area (Å²) in [4.78, 5) is 22.3. The summed E-state index contributed by atoms with van der Waals surface area (Å²) in [6.45, 7) is 8.06. The maximum atomic E-state index is 13.5. The van der Waals surface area contributed by atoms with Crippen LogP contribution in [0.1, 0.15) is 44.3 Å². The molecule has 0 saturated heterocycles. The molecule has 7 heteroatoms. The lowest BCUT2D eigenvalue weighted by Crippen LogP contribution is -2.31. The molecule has 1 N–H and O–H groups in total. The third-order valence-corrected chi connectivity index (χ3v) is 6.20. The molecule has 0 radical (unpaired) electrons. The van der Waals surface area contributed by atoms with Crippen molar-refractivity contribution in [2.45, 2.75) is 40.3 Å². The normalized spacial score (nSPS) is 11.5. The van der Waals surface area contributed by atoms with Crippen molar-refractivity contribution in [3.05, 3.63) is 88.1 Å². The Morgan fingerprint density at radius 3 is 2.48 bits per heavy atom. The van der Waals surface area contributed by atoms with Crippen molar-refractivity contribution in [2.75, 3.05) is 20.6 Å². The predicted octanol–water partition coefficient (Wildman–Crippen LogP) is 3.93. The molecule has 172 valence electrons. The number of nitrogens with one attached hydrogen (secondary N) is 1. The summed E-state index contributed by atoms with van der Waals surface area (Å²) in [5, 5.41) is 7.37. The number of aromatic nitrogens is 4. The zero-order valence-corrected chi connectivity index (χ0v) is 20.1. The van der Waals surface area contributed by atoms with Crippen molar-refractivity contribution >= 4 is 11.6 Å². The lowest BCUT2D eigenvalue weighted by atomic mass is 10.1. The van der Waals surface area contributed by atoms with Crippen LogP contribution in [0.25, 0.3) is 5.65 Å². The molecule has 0 fully saturated rings. The van der Waals surface area contributed by atoms with Crippen LogP contribution in [0.15, 0.2) is 48.7 Å². The molecule has 0 atom stereocenters. The van der Waals surface area contributed by atoms with Crippen molar-refractivity contribution in [3.8, 4) is 0 Å². The van der Waals surface area contributed by atoms with E-state index in [9.17, 15) is 4.79 Å². The van der Waals surface area contributed by atoms with E-state index in [0.29, 0.717) is 18.8 Å². The van der Waals surface area contributed by atoms with Gasteiger partial charge in [-0.3, -0.25) is 14.8 Å². The van der Waals surface area contributed by atoms with E-state index >= 15 is 0 Å². The highest BCUT2D eigenvalue weighted by Gasteiger charge is 2.24. The Balaban J connectivity index is 1.60. The molecule has 1 aromatic carbocycles. The Morgan fingerprint density at radius 1 is 1.03 bits per heavy atom. The van der Waals surface area contributed by atoms with E-state index in [1.807, 2.05) is 64.3 Å². The fourth-order valence-corrected chi connectivity index (χ4v) is 4.19. The molecule has 0 aliphatic carbocycles. The standard InChI is InChI=1S/C26H32N6O/c1-18-10-9-14-32-23(17-30(4)16-22-19(2)28-29-20(22)3)24(27-25(18)32)26(33)31(5)15-13-21-11-7-6-8-12-21/h6-12,14H,13,15-17H2,1-5H3,(H,28,29). The topological polar surface area (TPSA) is 69.5 Å². The Morgan fingerprint density at radius 2 is 1.79 bits per heavy atom. The number of fused-ring (bicyclic) bond motifs is 1. The largest absolute Gasteiger partial charge is 0.340 e. The number of aromatic amines is 1. The highest BCUT2D eigenvalue weighted by molar-refractivity contribution is 5.94. The molecule has 0 bridgehead atoms. The molecule has 1 amide bonds. The minimum Gasteiger partial charge on any atom is -0.340 e. The predicted molar refractivity (Wildman–Crippen MR) is 130 cm³/mol. The quantitative estimate of drug-likeness (QED) is 0.447. The molecule has 33 heavy (non-hydrogen) atoms. The van der Waals surface area contributed by atoms with Gasteiger partial charge in [-0.15, -0.1) is 0 Å². The highest BCUT2D eigenvalue weighted by Crippen LogP contribution is 2.21. The van der Waals surface area contributed by atoms with Gasteiger partial charge >= 0.3 is 0 Å². The van der Waals surface area contributed by atoms with Gasteiger partial charge in [-0.25, -0.2) is 4.98 Å². The van der Waals surface area contributed by atoms with Gasteiger partial charge in [0.1, 0.15) is 5.65 Å². The first-order valence-corrected chi connectivity index (χ1v) is 11.3. The molecule has 3 heterocycles. The lowest BCUT2D eigenvalue weighted by Gasteiger charge is -2.20. The van der Waals surface area contributed by atoms with Crippen LogP contribution >= 0.6 is 0 Å². The van der Waals surface area contributed by atoms with Gasteiger partial charge in [-0.2, -0.15) is 5.10 Å². The third-order valence-electron chi connectivity index (χ3n) is 6.20. The van der Waals surface area contributed by atoms with Gasteiger partial charge in [0.2, 0.25) is 0 Å². The van der Waals surface area contributed by atoms with Crippen molar-refractivity contribution in [1.29, 1.82) is 0 Å². The van der Waals surface area contributed by atoms with Gasteiger partial charge < -0.3 is 9.30 Å². The number of rotatable bonds is 8. The SMILES string of the molecule is Cc1n[nH]c(C)c1CN(C)Cc1c(C(=O)N(C)CCc2ccccc2)nc2c(C)cccn12. The average Bonchev–Trinajstić information content (AvgIpc) is 3.33. The zero-order valence-electron chi connectivity index (χ0n) is 20.1. The van der Waals surface area contributed by atoms with Gasteiger partial charge in [-0.05, 0) is 51.4 Å². The smallest absolute Gasteiger partial charge is 0.274 e. The van der Waals surface area contributed by atoms with Crippen molar-refractivity contribution in [1.82, 2.24) is 29.4 Å². The van der Waals surface area contributed by atoms with Crippen LogP contribution in [0.3, 0.4) is 0 Å². The summed E-state index contributed by atoms with van der Waals surface area (Å²) in [5.41, 5.74) is 7.80. The monoisotopic (exact) mass is 444 g/mol. The minimum atomic E-state index is -0.0481. The van der Waals surface area contributed by atoms with E-state index in [2.05, 4.69) is 38.7 Å². The van der Waals surface area contributed by atoms with E-state index in [4.69, 9.17) is 4.98 Å². The number of pyridine rings is 1. The van der Waals surface area contributed by atoms with Crippen LogP contribution < -0.4 is 0 Å². The van der Waals surface area contributed by atoms with Crippen LogP contribution in [-0.2, 0) is 19.5 Å². The molecule has 0 aliphatic rings. The summed E-state index contributed by atoms with van der Waals surface area (Å²) in [5.74, 6) is -0.0481. The number of hydrogen-bond donors (Lipinski definition) is 1. The molecule has 0 unspecified atom stereocenters. The van der Waals surface area contributed by atoms with Gasteiger partial charge in [0.15, 0.2) is 5.69 Å². The van der Waals surface area contributed by atoms with Gasteiger partial charge in [0, 0.05) is 44.1 Å². The Bertz CT molecular complexity index is 1240. The molecule has 3 aromatic heterocycles. The second kappa shape index (κ2) is 9.58. The molecule has 0 saturated carbocycles. The van der Waals surface area contributed by atoms with Crippen LogP contribution in [0.2, 0.25) is 0 Å². The van der Waals surface area contributed by atoms with E-state index < -0.39 is 0 Å². The highest BCUT2D eigenvalue weighted by atomic mass is 16.2. The van der Waals surface area contributed by atoms with E-state index in [-0.39, 0.29) is 5.91 Å². The number of benzene rings is 1. The molecular weight excluding hydrogens is 412 g/mol. The van der Waals surface area contributed by atoms with Crippen molar-refractivity contribution in [3.63, 3.8) is 0 Å². The Kier molecular flexibility index (Phi) is 6.60. The Hall–Kier alpha value is -3.45. The summed E-state index contributed by atoms with van der Waals surface area (Å²) in [6, 6.07) is 14.3. The number of nitrogens with zero attached hydrogens (tertiary/aromatic N) is 5. The van der Waals surface area contributed by atoms with Crippen molar-refractivity contribution < 1.29 is 4.79 Å². The van der Waals surface area contributed by atoms with Gasteiger partial charge in [0.25, 0.3) is 5.91 Å². The molecular formula is C26H32N6O. The molecule has 4 aromatic rings. The first-order chi connectivity index (χ1) is 15.8. The van der Waals surface area contributed by atoms with E-state index in [0.717, 1.165) is 41.3 Å². The molecule has 0 aliphatic heterocycles. The van der Waals surface area contributed by atoms with E-state index in [1.54, 1.807) is 4.90 Å². The summed E-state index contributed by atoms with van der Waals surface area (Å²) < 4.78 is 2.05. The van der Waals surface area contributed by atoms with Crippen LogP contribution in [0, 0.1) is 20.8 Å². The number of carbonyl (C=O) groups is 1. The number of likely N-dealkylation sites (N-methyl/N-ethyl adjacent to an activating group) is 1. The van der Waals surface area contributed by atoms with Gasteiger partial charge in [0.05, 0.1) is 11.4 Å². The fourth-order valence-electron chi connectivity index (χ4n) is 4.19. The maximum absolute atomic E-state index is 13.5. The van der Waals surface area contributed by atoms with Gasteiger partial charge in [-0.1, -0.05) is 36.4 Å². The first-order valence-electron chi connectivity index (χ1n) is 11.3. The van der Waals surface area contributed by atoms with Crippen LogP contribution in [0.5, 0.6) is 0 Å². The number of hydrogen-bond acceptors (Lipinski definition) is 4. The number of H-pyrrole nitrogens is 1. The number of amides is 1. The average molecular weight is 445 g/mol. The number of aryl methyl sites for hydroxylation is 3. The Labute approximate surface area is 195 Å². The number of imidazole rings is 1. The minimum absolute atomic E-state index is 0.0481. The van der Waals surface area contributed by atoms with Crippen LogP contribution in [0.4, 0.5) is 0 Å². The maximum Gasteiger partial charge on any atom is 0.274 e. The van der Waals surface area contributed by atoms with Crippen LogP contribution in [-0.4, -0.2) is 55.9 Å². The fraction of sp³-hybridized carbons (Fsp3) is 0.346. The second-order valence-electron chi connectivity index (χ2n) is 8.84. The second-order valence-corrected chi connectivity index (χ2v) is 8.84. The lowest BCUT2D eigenvalue weighted by molar-refractivity contribution is 0.0789. The molecule has 7 nitrogen and oxygen atoms in total. The third kappa shape index (κ3) is 4.83. The summed E-state index contributed by atoms with van der Waals surface area (Å²) in [6.07, 6.45) is 2.80. The molecule has 4 rings (SSSR count). The zero-order chi connectivity index (χ0) is 23.5. The number of carbonyl (C=O) groups excluding carboxylic acids is 1. The molecule has 0 spiro atoms.